The van der Waals surface area contributed by atoms with E-state index in [2.05, 4.69) is 5.32 Å². The average molecular weight is 380 g/mol. The van der Waals surface area contributed by atoms with Crippen LogP contribution < -0.4 is 5.32 Å². The highest BCUT2D eigenvalue weighted by molar-refractivity contribution is 5.96. The summed E-state index contributed by atoms with van der Waals surface area (Å²) in [6.45, 7) is 0.569. The predicted octanol–water partition coefficient (Wildman–Crippen LogP) is 2.67. The molecule has 0 aromatic heterocycles. The number of nitrogens with zero attached hydrogens (tertiary/aromatic N) is 1. The van der Waals surface area contributed by atoms with Gasteiger partial charge >= 0.3 is 0 Å². The number of carbonyl (C=O) groups is 2. The van der Waals surface area contributed by atoms with E-state index in [9.17, 15) is 27.2 Å². The summed E-state index contributed by atoms with van der Waals surface area (Å²) in [4.78, 5) is 25.4. The number of hydrogen-bond donors (Lipinski definition) is 1. The van der Waals surface area contributed by atoms with Gasteiger partial charge in [-0.05, 0) is 42.2 Å². The maximum atomic E-state index is 13.2. The van der Waals surface area contributed by atoms with Crippen molar-refractivity contribution in [3.05, 3.63) is 70.8 Å². The highest BCUT2D eigenvalue weighted by Crippen LogP contribution is 2.21. The molecule has 142 valence electrons. The fourth-order valence-corrected chi connectivity index (χ4v) is 2.96. The van der Waals surface area contributed by atoms with Crippen molar-refractivity contribution in [3.63, 3.8) is 0 Å². The van der Waals surface area contributed by atoms with Crippen LogP contribution in [0.5, 0.6) is 0 Å². The molecule has 0 bridgehead atoms. The van der Waals surface area contributed by atoms with Crippen LogP contribution in [0, 0.1) is 29.2 Å². The smallest absolute Gasteiger partial charge is 0.251 e. The highest BCUT2D eigenvalue weighted by Gasteiger charge is 2.30. The normalized spacial score (nSPS) is 14.0. The highest BCUT2D eigenvalue weighted by atomic mass is 19.2. The lowest BCUT2D eigenvalue weighted by molar-refractivity contribution is -0.136. The summed E-state index contributed by atoms with van der Waals surface area (Å²) in [6.07, 6.45) is 0.510. The molecular formula is C19H16F4N2O2. The number of amides is 2. The van der Waals surface area contributed by atoms with Crippen LogP contribution in [0.2, 0.25) is 0 Å². The third kappa shape index (κ3) is 4.64. The Morgan fingerprint density at radius 3 is 2.26 bits per heavy atom. The third-order valence-corrected chi connectivity index (χ3v) is 4.34. The first-order valence-electron chi connectivity index (χ1n) is 8.28. The molecule has 0 spiro atoms. The van der Waals surface area contributed by atoms with Crippen molar-refractivity contribution in [1.29, 1.82) is 0 Å². The van der Waals surface area contributed by atoms with Gasteiger partial charge < -0.3 is 10.2 Å². The number of halogens is 4. The van der Waals surface area contributed by atoms with E-state index in [0.717, 1.165) is 24.3 Å². The molecule has 1 fully saturated rings. The van der Waals surface area contributed by atoms with Crippen LogP contribution in [0.1, 0.15) is 15.9 Å². The molecule has 3 rings (SSSR count). The minimum atomic E-state index is -0.906. The maximum absolute atomic E-state index is 13.2. The summed E-state index contributed by atoms with van der Waals surface area (Å²) in [5, 5.41) is 2.33. The van der Waals surface area contributed by atoms with Crippen LogP contribution in [0.15, 0.2) is 36.4 Å². The van der Waals surface area contributed by atoms with Gasteiger partial charge in [-0.3, -0.25) is 9.59 Å². The number of nitrogens with one attached hydrogen (secondary N) is 1. The molecule has 0 radical (unpaired) electrons. The molecule has 2 aromatic rings. The zero-order valence-corrected chi connectivity index (χ0v) is 14.1. The van der Waals surface area contributed by atoms with Crippen molar-refractivity contribution in [2.24, 2.45) is 5.92 Å². The van der Waals surface area contributed by atoms with Gasteiger partial charge in [-0.15, -0.1) is 0 Å². The third-order valence-electron chi connectivity index (χ3n) is 4.34. The Labute approximate surface area is 152 Å². The van der Waals surface area contributed by atoms with Gasteiger partial charge in [0.1, 0.15) is 11.6 Å². The molecule has 27 heavy (non-hydrogen) atoms. The van der Waals surface area contributed by atoms with Crippen molar-refractivity contribution in [1.82, 2.24) is 10.2 Å². The molecular weight excluding hydrogens is 364 g/mol. The molecule has 0 atom stereocenters. The fraction of sp³-hybridized carbons (Fsp3) is 0.263. The molecule has 0 unspecified atom stereocenters. The number of rotatable bonds is 5. The fourth-order valence-electron chi connectivity index (χ4n) is 2.96. The molecule has 1 aliphatic heterocycles. The van der Waals surface area contributed by atoms with E-state index in [0.29, 0.717) is 31.1 Å². The molecule has 1 saturated heterocycles. The van der Waals surface area contributed by atoms with Crippen LogP contribution in [-0.2, 0) is 11.2 Å². The van der Waals surface area contributed by atoms with Crippen molar-refractivity contribution < 1.29 is 27.2 Å². The molecule has 1 N–H and O–H groups in total. The summed E-state index contributed by atoms with van der Waals surface area (Å²) in [6, 6.07) is 6.11. The summed E-state index contributed by atoms with van der Waals surface area (Å²) in [7, 11) is 0. The standard InChI is InChI=1S/C19H16F4N2O2/c20-14-5-13(6-15(21)7-14)19(27)24-8-18(26)25-9-12(10-25)3-11-1-2-16(22)17(23)4-11/h1-2,4-7,12H,3,8-10H2,(H,24,27). The molecule has 2 amide bonds. The second-order valence-corrected chi connectivity index (χ2v) is 6.46. The molecule has 0 aliphatic carbocycles. The van der Waals surface area contributed by atoms with E-state index in [4.69, 9.17) is 0 Å². The minimum absolute atomic E-state index is 0.117. The lowest BCUT2D eigenvalue weighted by Crippen LogP contribution is -2.53. The monoisotopic (exact) mass is 380 g/mol. The second kappa shape index (κ2) is 7.77. The van der Waals surface area contributed by atoms with Crippen LogP contribution in [0.3, 0.4) is 0 Å². The quantitative estimate of drug-likeness (QED) is 0.811. The Balaban J connectivity index is 1.45. The Hall–Kier alpha value is -2.90. The lowest BCUT2D eigenvalue weighted by Gasteiger charge is -2.39. The number of likely N-dealkylation sites (tertiary alicyclic amines) is 1. The molecule has 0 saturated carbocycles. The summed E-state index contributed by atoms with van der Waals surface area (Å²) in [5.41, 5.74) is 0.438. The van der Waals surface area contributed by atoms with Gasteiger partial charge in [-0.2, -0.15) is 0 Å². The Morgan fingerprint density at radius 2 is 1.63 bits per heavy atom. The summed E-state index contributed by atoms with van der Waals surface area (Å²) >= 11 is 0. The number of hydrogen-bond acceptors (Lipinski definition) is 2. The van der Waals surface area contributed by atoms with Crippen LogP contribution >= 0.6 is 0 Å². The van der Waals surface area contributed by atoms with Crippen molar-refractivity contribution >= 4 is 11.8 Å². The van der Waals surface area contributed by atoms with Crippen LogP contribution in [0.25, 0.3) is 0 Å². The SMILES string of the molecule is O=C(NCC(=O)N1CC(Cc2ccc(F)c(F)c2)C1)c1cc(F)cc(F)c1. The topological polar surface area (TPSA) is 49.4 Å². The zero-order chi connectivity index (χ0) is 19.6. The van der Waals surface area contributed by atoms with Gasteiger partial charge in [0, 0.05) is 24.7 Å². The van der Waals surface area contributed by atoms with Crippen molar-refractivity contribution in [2.45, 2.75) is 6.42 Å². The first-order valence-corrected chi connectivity index (χ1v) is 8.28. The van der Waals surface area contributed by atoms with E-state index < -0.39 is 29.2 Å². The van der Waals surface area contributed by atoms with Gasteiger partial charge in [-0.1, -0.05) is 6.07 Å². The van der Waals surface area contributed by atoms with Crippen LogP contribution in [-0.4, -0.2) is 36.3 Å². The Kier molecular flexibility index (Phi) is 5.43. The molecule has 1 heterocycles. The van der Waals surface area contributed by atoms with E-state index in [-0.39, 0.29) is 23.9 Å². The van der Waals surface area contributed by atoms with Crippen molar-refractivity contribution in [3.8, 4) is 0 Å². The number of benzene rings is 2. The van der Waals surface area contributed by atoms with E-state index in [1.165, 1.54) is 11.0 Å². The van der Waals surface area contributed by atoms with Gasteiger partial charge in [-0.25, -0.2) is 17.6 Å². The maximum Gasteiger partial charge on any atom is 0.251 e. The largest absolute Gasteiger partial charge is 0.343 e. The first kappa shape index (κ1) is 18.9. The molecule has 1 aliphatic rings. The van der Waals surface area contributed by atoms with Crippen molar-refractivity contribution in [2.75, 3.05) is 19.6 Å². The second-order valence-electron chi connectivity index (χ2n) is 6.46. The number of carbonyl (C=O) groups excluding carboxylic acids is 2. The molecule has 2 aromatic carbocycles. The first-order chi connectivity index (χ1) is 12.8. The average Bonchev–Trinajstić information content (AvgIpc) is 2.57. The van der Waals surface area contributed by atoms with E-state index in [1.54, 1.807) is 0 Å². The lowest BCUT2D eigenvalue weighted by atomic mass is 9.92. The van der Waals surface area contributed by atoms with Gasteiger partial charge in [0.15, 0.2) is 11.6 Å². The van der Waals surface area contributed by atoms with Gasteiger partial charge in [0.25, 0.3) is 5.91 Å². The Bertz CT molecular complexity index is 862. The predicted molar refractivity (Wildman–Crippen MR) is 88.8 cm³/mol. The Morgan fingerprint density at radius 1 is 0.963 bits per heavy atom. The zero-order valence-electron chi connectivity index (χ0n) is 14.1. The van der Waals surface area contributed by atoms with E-state index in [1.807, 2.05) is 0 Å². The van der Waals surface area contributed by atoms with Gasteiger partial charge in [0.05, 0.1) is 6.54 Å². The van der Waals surface area contributed by atoms with Crippen LogP contribution in [0.4, 0.5) is 17.6 Å². The summed E-state index contributed by atoms with van der Waals surface area (Å²) < 4.78 is 52.3. The van der Waals surface area contributed by atoms with E-state index >= 15 is 0 Å². The summed E-state index contributed by atoms with van der Waals surface area (Å²) in [5.74, 6) is -4.54. The molecule has 4 nitrogen and oxygen atoms in total. The minimum Gasteiger partial charge on any atom is -0.343 e. The molecule has 8 heteroatoms. The van der Waals surface area contributed by atoms with Gasteiger partial charge in [0.2, 0.25) is 5.91 Å².